The zero-order chi connectivity index (χ0) is 13.1. The monoisotopic (exact) mass is 278 g/mol. The van der Waals surface area contributed by atoms with Crippen LogP contribution in [-0.2, 0) is 18.9 Å². The van der Waals surface area contributed by atoms with E-state index >= 15 is 0 Å². The van der Waals surface area contributed by atoms with Crippen LogP contribution in [0.4, 0.5) is 0 Å². The second-order valence-corrected chi connectivity index (χ2v) is 5.10. The Morgan fingerprint density at radius 3 is 1.89 bits per heavy atom. The summed E-state index contributed by atoms with van der Waals surface area (Å²) in [4.78, 5) is 0. The molecular weight excluding hydrogens is 252 g/mol. The Balaban J connectivity index is 1.78. The number of hydrogen-bond donors (Lipinski definition) is 1. The molecule has 1 aliphatic rings. The second kappa shape index (κ2) is 10.0. The summed E-state index contributed by atoms with van der Waals surface area (Å²) in [6.45, 7) is 4.61. The minimum Gasteiger partial charge on any atom is -0.382 e. The minimum atomic E-state index is 0.354. The molecule has 5 heteroatoms. The molecule has 0 aromatic rings. The van der Waals surface area contributed by atoms with Crippen molar-refractivity contribution in [2.75, 3.05) is 59.1 Å². The van der Waals surface area contributed by atoms with Crippen molar-refractivity contribution in [3.8, 4) is 0 Å². The van der Waals surface area contributed by atoms with Gasteiger partial charge in [-0.1, -0.05) is 6.42 Å². The predicted molar refractivity (Wildman–Crippen MR) is 74.5 cm³/mol. The molecule has 0 unspecified atom stereocenters. The average Bonchev–Trinajstić information content (AvgIpc) is 2.34. The van der Waals surface area contributed by atoms with Gasteiger partial charge < -0.3 is 18.9 Å². The molecule has 0 N–H and O–H groups in total. The van der Waals surface area contributed by atoms with Gasteiger partial charge in [0.05, 0.1) is 46.2 Å². The summed E-state index contributed by atoms with van der Waals surface area (Å²) in [6, 6.07) is 0. The van der Waals surface area contributed by atoms with Gasteiger partial charge in [-0.25, -0.2) is 0 Å². The van der Waals surface area contributed by atoms with Crippen LogP contribution in [0.5, 0.6) is 0 Å². The fourth-order valence-electron chi connectivity index (χ4n) is 1.90. The van der Waals surface area contributed by atoms with Crippen molar-refractivity contribution in [1.29, 1.82) is 0 Å². The normalized spacial score (nSPS) is 17.7. The van der Waals surface area contributed by atoms with E-state index in [-0.39, 0.29) is 0 Å². The lowest BCUT2D eigenvalue weighted by Crippen LogP contribution is -2.36. The first-order chi connectivity index (χ1) is 8.83. The van der Waals surface area contributed by atoms with E-state index in [0.717, 1.165) is 12.4 Å². The molecule has 1 fully saturated rings. The standard InChI is InChI=1S/C13H26O4S/c1-14-5-6-15-7-8-16-9-10-17-11-13(12-18)3-2-4-13/h18H,2-12H2,1H3. The zero-order valence-corrected chi connectivity index (χ0v) is 12.3. The van der Waals surface area contributed by atoms with E-state index in [1.54, 1.807) is 7.11 Å². The van der Waals surface area contributed by atoms with Crippen molar-refractivity contribution in [2.24, 2.45) is 5.41 Å². The van der Waals surface area contributed by atoms with Crippen LogP contribution in [-0.4, -0.2) is 59.1 Å². The minimum absolute atomic E-state index is 0.354. The molecule has 0 atom stereocenters. The summed E-state index contributed by atoms with van der Waals surface area (Å²) in [5.74, 6) is 0.932. The van der Waals surface area contributed by atoms with E-state index in [9.17, 15) is 0 Å². The summed E-state index contributed by atoms with van der Waals surface area (Å²) in [5.41, 5.74) is 0.354. The molecule has 0 radical (unpaired) electrons. The largest absolute Gasteiger partial charge is 0.382 e. The number of methoxy groups -OCH3 is 1. The summed E-state index contributed by atoms with van der Waals surface area (Å²) < 4.78 is 21.2. The van der Waals surface area contributed by atoms with Crippen molar-refractivity contribution >= 4 is 12.6 Å². The molecule has 0 aromatic carbocycles. The maximum absolute atomic E-state index is 5.64. The van der Waals surface area contributed by atoms with Crippen LogP contribution in [0.3, 0.4) is 0 Å². The average molecular weight is 278 g/mol. The van der Waals surface area contributed by atoms with Crippen LogP contribution < -0.4 is 0 Å². The highest BCUT2D eigenvalue weighted by atomic mass is 32.1. The molecule has 1 aliphatic carbocycles. The Labute approximate surface area is 116 Å². The maximum atomic E-state index is 5.64. The van der Waals surface area contributed by atoms with Gasteiger partial charge in [-0.3, -0.25) is 0 Å². The molecule has 0 aromatic heterocycles. The first-order valence-electron chi connectivity index (χ1n) is 6.66. The van der Waals surface area contributed by atoms with Gasteiger partial charge in [0.25, 0.3) is 0 Å². The number of rotatable bonds is 12. The van der Waals surface area contributed by atoms with Crippen molar-refractivity contribution in [3.63, 3.8) is 0 Å². The third kappa shape index (κ3) is 6.38. The van der Waals surface area contributed by atoms with E-state index in [0.29, 0.717) is 45.1 Å². The van der Waals surface area contributed by atoms with Gasteiger partial charge in [0.1, 0.15) is 0 Å². The third-order valence-corrected chi connectivity index (χ3v) is 4.00. The van der Waals surface area contributed by atoms with Gasteiger partial charge in [-0.2, -0.15) is 12.6 Å². The van der Waals surface area contributed by atoms with Crippen LogP contribution >= 0.6 is 12.6 Å². The Bertz CT molecular complexity index is 192. The maximum Gasteiger partial charge on any atom is 0.0701 e. The Morgan fingerprint density at radius 1 is 0.889 bits per heavy atom. The van der Waals surface area contributed by atoms with E-state index in [1.165, 1.54) is 19.3 Å². The summed E-state index contributed by atoms with van der Waals surface area (Å²) in [6.07, 6.45) is 3.83. The molecule has 18 heavy (non-hydrogen) atoms. The highest BCUT2D eigenvalue weighted by Crippen LogP contribution is 2.41. The van der Waals surface area contributed by atoms with Crippen LogP contribution in [0.2, 0.25) is 0 Å². The smallest absolute Gasteiger partial charge is 0.0701 e. The molecule has 108 valence electrons. The summed E-state index contributed by atoms with van der Waals surface area (Å²) in [5, 5.41) is 0. The van der Waals surface area contributed by atoms with Crippen molar-refractivity contribution in [3.05, 3.63) is 0 Å². The topological polar surface area (TPSA) is 36.9 Å². The second-order valence-electron chi connectivity index (χ2n) is 4.78. The van der Waals surface area contributed by atoms with E-state index in [2.05, 4.69) is 12.6 Å². The molecule has 0 spiro atoms. The highest BCUT2D eigenvalue weighted by molar-refractivity contribution is 7.80. The van der Waals surface area contributed by atoms with Crippen LogP contribution in [0.15, 0.2) is 0 Å². The van der Waals surface area contributed by atoms with E-state index < -0.39 is 0 Å². The summed E-state index contributed by atoms with van der Waals surface area (Å²) in [7, 11) is 1.66. The quantitative estimate of drug-likeness (QED) is 0.436. The lowest BCUT2D eigenvalue weighted by atomic mass is 9.71. The molecule has 0 amide bonds. The van der Waals surface area contributed by atoms with Crippen LogP contribution in [0.1, 0.15) is 19.3 Å². The number of hydrogen-bond acceptors (Lipinski definition) is 5. The lowest BCUT2D eigenvalue weighted by molar-refractivity contribution is -0.0275. The molecule has 0 heterocycles. The van der Waals surface area contributed by atoms with Crippen LogP contribution in [0, 0.1) is 5.41 Å². The molecule has 0 bridgehead atoms. The fraction of sp³-hybridized carbons (Fsp3) is 1.00. The first kappa shape index (κ1) is 16.2. The Kier molecular flexibility index (Phi) is 9.06. The fourth-order valence-corrected chi connectivity index (χ4v) is 2.30. The highest BCUT2D eigenvalue weighted by Gasteiger charge is 2.35. The Morgan fingerprint density at radius 2 is 1.44 bits per heavy atom. The molecule has 1 saturated carbocycles. The lowest BCUT2D eigenvalue weighted by Gasteiger charge is -2.40. The number of thiol groups is 1. The first-order valence-corrected chi connectivity index (χ1v) is 7.29. The van der Waals surface area contributed by atoms with E-state index in [4.69, 9.17) is 18.9 Å². The predicted octanol–water partition coefficient (Wildman–Crippen LogP) is 1.78. The summed E-state index contributed by atoms with van der Waals surface area (Å²) >= 11 is 4.39. The molecule has 0 aliphatic heterocycles. The van der Waals surface area contributed by atoms with Gasteiger partial charge in [0.15, 0.2) is 0 Å². The molecule has 1 rings (SSSR count). The Hall–Kier alpha value is 0.190. The van der Waals surface area contributed by atoms with Gasteiger partial charge >= 0.3 is 0 Å². The van der Waals surface area contributed by atoms with E-state index in [1.807, 2.05) is 0 Å². The van der Waals surface area contributed by atoms with Gasteiger partial charge in [0, 0.05) is 12.5 Å². The molecular formula is C13H26O4S. The zero-order valence-electron chi connectivity index (χ0n) is 11.4. The van der Waals surface area contributed by atoms with Gasteiger partial charge in [-0.15, -0.1) is 0 Å². The van der Waals surface area contributed by atoms with Gasteiger partial charge in [0.2, 0.25) is 0 Å². The molecule has 4 nitrogen and oxygen atoms in total. The van der Waals surface area contributed by atoms with Crippen LogP contribution in [0.25, 0.3) is 0 Å². The third-order valence-electron chi connectivity index (χ3n) is 3.33. The number of ether oxygens (including phenoxy) is 4. The molecule has 0 saturated heterocycles. The van der Waals surface area contributed by atoms with Gasteiger partial charge in [-0.05, 0) is 18.6 Å². The van der Waals surface area contributed by atoms with Crippen molar-refractivity contribution < 1.29 is 18.9 Å². The SMILES string of the molecule is COCCOCCOCCOCC1(CS)CCC1. The van der Waals surface area contributed by atoms with Crippen molar-refractivity contribution in [1.82, 2.24) is 0 Å². The van der Waals surface area contributed by atoms with Crippen molar-refractivity contribution in [2.45, 2.75) is 19.3 Å².